The minimum absolute atomic E-state index is 0.607. The first-order valence-corrected chi connectivity index (χ1v) is 8.06. The molecule has 2 N–H and O–H groups in total. The molecule has 0 saturated heterocycles. The monoisotopic (exact) mass is 287 g/mol. The second-order valence-electron chi connectivity index (χ2n) is 6.28. The lowest BCUT2D eigenvalue weighted by Crippen LogP contribution is -2.19. The van der Waals surface area contributed by atoms with Crippen LogP contribution in [0.4, 0.5) is 5.95 Å². The van der Waals surface area contributed by atoms with Gasteiger partial charge in [0.15, 0.2) is 0 Å². The number of fused-ring (bicyclic) bond motifs is 1. The third-order valence-corrected chi connectivity index (χ3v) is 4.56. The highest BCUT2D eigenvalue weighted by Gasteiger charge is 2.21. The number of nitrogens with zero attached hydrogens (tertiary/aromatic N) is 2. The standard InChI is InChI=1S/C17H25N3O/c1-3-21-15-9-5-8-14-16(15)19-17(18)20(14)11-13-7-4-6-12(2)10-13/h5,8-9,12-13H,3-4,6-7,10-11H2,1-2H3,(H2,18,19). The van der Waals surface area contributed by atoms with Crippen LogP contribution in [0, 0.1) is 11.8 Å². The van der Waals surface area contributed by atoms with Gasteiger partial charge < -0.3 is 15.0 Å². The second-order valence-corrected chi connectivity index (χ2v) is 6.28. The third kappa shape index (κ3) is 2.85. The van der Waals surface area contributed by atoms with E-state index < -0.39 is 0 Å². The van der Waals surface area contributed by atoms with Crippen molar-refractivity contribution in [3.8, 4) is 5.75 Å². The van der Waals surface area contributed by atoms with Gasteiger partial charge in [-0.05, 0) is 43.7 Å². The SMILES string of the molecule is CCOc1cccc2c1nc(N)n2CC1CCCC(C)C1. The average Bonchev–Trinajstić information content (AvgIpc) is 2.77. The summed E-state index contributed by atoms with van der Waals surface area (Å²) in [6, 6.07) is 6.08. The van der Waals surface area contributed by atoms with Crippen molar-refractivity contribution in [3.63, 3.8) is 0 Å². The van der Waals surface area contributed by atoms with Crippen LogP contribution in [-0.2, 0) is 6.54 Å². The smallest absolute Gasteiger partial charge is 0.201 e. The molecule has 2 atom stereocenters. The van der Waals surface area contributed by atoms with Gasteiger partial charge >= 0.3 is 0 Å². The number of nitrogens with two attached hydrogens (primary N) is 1. The van der Waals surface area contributed by atoms with Crippen LogP contribution in [0.1, 0.15) is 39.5 Å². The Morgan fingerprint density at radius 1 is 1.38 bits per heavy atom. The molecule has 21 heavy (non-hydrogen) atoms. The molecule has 1 aliphatic rings. The van der Waals surface area contributed by atoms with Crippen LogP contribution in [0.3, 0.4) is 0 Å². The van der Waals surface area contributed by atoms with Gasteiger partial charge in [0.25, 0.3) is 0 Å². The van der Waals surface area contributed by atoms with Gasteiger partial charge in [-0.3, -0.25) is 0 Å². The molecule has 0 spiro atoms. The fraction of sp³-hybridized carbons (Fsp3) is 0.588. The van der Waals surface area contributed by atoms with Crippen molar-refractivity contribution in [2.24, 2.45) is 11.8 Å². The number of hydrogen-bond donors (Lipinski definition) is 1. The van der Waals surface area contributed by atoms with Gasteiger partial charge in [0, 0.05) is 6.54 Å². The topological polar surface area (TPSA) is 53.1 Å². The van der Waals surface area contributed by atoms with Gasteiger partial charge in [0.1, 0.15) is 11.3 Å². The molecule has 0 aliphatic heterocycles. The maximum absolute atomic E-state index is 6.17. The number of anilines is 1. The summed E-state index contributed by atoms with van der Waals surface area (Å²) >= 11 is 0. The quantitative estimate of drug-likeness (QED) is 0.929. The van der Waals surface area contributed by atoms with E-state index in [1.807, 2.05) is 19.1 Å². The van der Waals surface area contributed by atoms with Crippen LogP contribution < -0.4 is 10.5 Å². The molecule has 1 heterocycles. The lowest BCUT2D eigenvalue weighted by Gasteiger charge is -2.27. The maximum atomic E-state index is 6.17. The summed E-state index contributed by atoms with van der Waals surface area (Å²) in [5.41, 5.74) is 8.15. The fourth-order valence-electron chi connectivity index (χ4n) is 3.59. The van der Waals surface area contributed by atoms with Crippen LogP contribution in [0.15, 0.2) is 18.2 Å². The first kappa shape index (κ1) is 14.2. The molecule has 114 valence electrons. The Bertz CT molecular complexity index is 620. The van der Waals surface area contributed by atoms with Crippen molar-refractivity contribution in [1.29, 1.82) is 0 Å². The van der Waals surface area contributed by atoms with E-state index in [2.05, 4.69) is 22.5 Å². The minimum Gasteiger partial charge on any atom is -0.492 e. The summed E-state index contributed by atoms with van der Waals surface area (Å²) in [4.78, 5) is 4.53. The van der Waals surface area contributed by atoms with E-state index in [0.29, 0.717) is 18.5 Å². The van der Waals surface area contributed by atoms with Gasteiger partial charge in [-0.1, -0.05) is 25.8 Å². The van der Waals surface area contributed by atoms with E-state index >= 15 is 0 Å². The molecular formula is C17H25N3O. The molecule has 4 nitrogen and oxygen atoms in total. The van der Waals surface area contributed by atoms with Crippen LogP contribution in [0.25, 0.3) is 11.0 Å². The summed E-state index contributed by atoms with van der Waals surface area (Å²) in [6.07, 6.45) is 5.30. The van der Waals surface area contributed by atoms with Crippen molar-refractivity contribution >= 4 is 17.0 Å². The van der Waals surface area contributed by atoms with Gasteiger partial charge in [-0.2, -0.15) is 0 Å². The van der Waals surface area contributed by atoms with Gasteiger partial charge in [0.2, 0.25) is 5.95 Å². The highest BCUT2D eigenvalue weighted by molar-refractivity contribution is 5.84. The molecule has 3 rings (SSSR count). The van der Waals surface area contributed by atoms with Crippen molar-refractivity contribution < 1.29 is 4.74 Å². The number of hydrogen-bond acceptors (Lipinski definition) is 3. The van der Waals surface area contributed by atoms with E-state index in [9.17, 15) is 0 Å². The van der Waals surface area contributed by atoms with Crippen molar-refractivity contribution in [2.45, 2.75) is 46.1 Å². The zero-order chi connectivity index (χ0) is 14.8. The van der Waals surface area contributed by atoms with Gasteiger partial charge in [0.05, 0.1) is 12.1 Å². The molecule has 1 aromatic carbocycles. The molecule has 0 amide bonds. The molecule has 1 saturated carbocycles. The predicted molar refractivity (Wildman–Crippen MR) is 86.4 cm³/mol. The predicted octanol–water partition coefficient (Wildman–Crippen LogP) is 3.84. The summed E-state index contributed by atoms with van der Waals surface area (Å²) in [6.45, 7) is 5.96. The second kappa shape index (κ2) is 5.96. The van der Waals surface area contributed by atoms with Crippen LogP contribution >= 0.6 is 0 Å². The summed E-state index contributed by atoms with van der Waals surface area (Å²) in [7, 11) is 0. The Morgan fingerprint density at radius 3 is 3.00 bits per heavy atom. The van der Waals surface area contributed by atoms with E-state index in [4.69, 9.17) is 10.5 Å². The van der Waals surface area contributed by atoms with Gasteiger partial charge in [-0.15, -0.1) is 0 Å². The average molecular weight is 287 g/mol. The Morgan fingerprint density at radius 2 is 2.24 bits per heavy atom. The molecule has 1 fully saturated rings. The minimum atomic E-state index is 0.607. The third-order valence-electron chi connectivity index (χ3n) is 4.56. The van der Waals surface area contributed by atoms with Crippen LogP contribution in [-0.4, -0.2) is 16.2 Å². The van der Waals surface area contributed by atoms with Gasteiger partial charge in [-0.25, -0.2) is 4.98 Å². The zero-order valence-corrected chi connectivity index (χ0v) is 13.0. The number of imidazole rings is 1. The largest absolute Gasteiger partial charge is 0.492 e. The number of ether oxygens (including phenoxy) is 1. The molecule has 2 unspecified atom stereocenters. The lowest BCUT2D eigenvalue weighted by atomic mass is 9.82. The molecule has 0 bridgehead atoms. The molecule has 0 radical (unpaired) electrons. The van der Waals surface area contributed by atoms with E-state index in [-0.39, 0.29) is 0 Å². The Balaban J connectivity index is 1.91. The number of benzene rings is 1. The number of aromatic nitrogens is 2. The Hall–Kier alpha value is -1.71. The molecule has 1 aromatic heterocycles. The van der Waals surface area contributed by atoms with Crippen LogP contribution in [0.2, 0.25) is 0 Å². The summed E-state index contributed by atoms with van der Waals surface area (Å²) in [5.74, 6) is 2.98. The van der Waals surface area contributed by atoms with E-state index in [0.717, 1.165) is 29.2 Å². The van der Waals surface area contributed by atoms with Crippen LogP contribution in [0.5, 0.6) is 5.75 Å². The van der Waals surface area contributed by atoms with Crippen molar-refractivity contribution in [2.75, 3.05) is 12.3 Å². The fourth-order valence-corrected chi connectivity index (χ4v) is 3.59. The number of nitrogen functional groups attached to an aromatic ring is 1. The van der Waals surface area contributed by atoms with E-state index in [1.54, 1.807) is 0 Å². The van der Waals surface area contributed by atoms with Crippen molar-refractivity contribution in [3.05, 3.63) is 18.2 Å². The molecule has 4 heteroatoms. The molecular weight excluding hydrogens is 262 g/mol. The maximum Gasteiger partial charge on any atom is 0.201 e. The number of rotatable bonds is 4. The summed E-state index contributed by atoms with van der Waals surface area (Å²) < 4.78 is 7.83. The summed E-state index contributed by atoms with van der Waals surface area (Å²) in [5, 5.41) is 0. The highest BCUT2D eigenvalue weighted by Crippen LogP contribution is 2.33. The molecule has 1 aliphatic carbocycles. The lowest BCUT2D eigenvalue weighted by molar-refractivity contribution is 0.259. The van der Waals surface area contributed by atoms with Crippen molar-refractivity contribution in [1.82, 2.24) is 9.55 Å². The normalized spacial score (nSPS) is 22.6. The molecule has 2 aromatic rings. The van der Waals surface area contributed by atoms with E-state index in [1.165, 1.54) is 25.7 Å². The Labute approximate surface area is 126 Å². The highest BCUT2D eigenvalue weighted by atomic mass is 16.5. The number of para-hydroxylation sites is 1. The first-order valence-electron chi connectivity index (χ1n) is 8.06. The zero-order valence-electron chi connectivity index (χ0n) is 13.0. The first-order chi connectivity index (χ1) is 10.2. The Kier molecular flexibility index (Phi) is 4.04.